The van der Waals surface area contributed by atoms with Crippen LogP contribution < -0.4 is 10.6 Å². The molecule has 2 aromatic rings. The lowest BCUT2D eigenvalue weighted by Gasteiger charge is -2.22. The zero-order valence-electron chi connectivity index (χ0n) is 15.2. The van der Waals surface area contributed by atoms with Gasteiger partial charge in [0.2, 0.25) is 5.91 Å². The number of hydrogen-bond donors (Lipinski definition) is 3. The largest absolute Gasteiger partial charge is 0.508 e. The number of imide groups is 1. The van der Waals surface area contributed by atoms with Crippen molar-refractivity contribution >= 4 is 17.8 Å². The fourth-order valence-corrected chi connectivity index (χ4v) is 3.08. The topological polar surface area (TPSA) is 98.7 Å². The number of phenols is 1. The van der Waals surface area contributed by atoms with Gasteiger partial charge in [0.25, 0.3) is 5.91 Å². The van der Waals surface area contributed by atoms with Crippen molar-refractivity contribution in [3.05, 3.63) is 65.5 Å². The number of carbonyl (C=O) groups is 3. The van der Waals surface area contributed by atoms with Crippen LogP contribution in [0.3, 0.4) is 0 Å². The average Bonchev–Trinajstić information content (AvgIpc) is 2.86. The number of aromatic hydroxyl groups is 1. The van der Waals surface area contributed by atoms with Crippen LogP contribution in [0.5, 0.6) is 5.75 Å². The quantitative estimate of drug-likeness (QED) is 0.659. The lowest BCUT2D eigenvalue weighted by atomic mass is 9.92. The maximum Gasteiger partial charge on any atom is 0.325 e. The molecule has 28 heavy (non-hydrogen) atoms. The highest BCUT2D eigenvalue weighted by molar-refractivity contribution is 6.09. The summed E-state index contributed by atoms with van der Waals surface area (Å²) < 4.78 is 13.1. The molecule has 8 heteroatoms. The Labute approximate surface area is 161 Å². The summed E-state index contributed by atoms with van der Waals surface area (Å²) in [6.07, 6.45) is 0.494. The second kappa shape index (κ2) is 7.67. The highest BCUT2D eigenvalue weighted by Gasteiger charge is 2.49. The second-order valence-corrected chi connectivity index (χ2v) is 6.72. The van der Waals surface area contributed by atoms with Crippen molar-refractivity contribution in [2.75, 3.05) is 13.1 Å². The van der Waals surface area contributed by atoms with Gasteiger partial charge in [-0.1, -0.05) is 24.3 Å². The molecule has 3 N–H and O–H groups in total. The molecule has 146 valence electrons. The van der Waals surface area contributed by atoms with Crippen LogP contribution in [0.4, 0.5) is 9.18 Å². The van der Waals surface area contributed by atoms with E-state index in [0.717, 1.165) is 10.5 Å². The van der Waals surface area contributed by atoms with E-state index in [1.807, 2.05) is 6.07 Å². The molecule has 7 nitrogen and oxygen atoms in total. The first-order valence-electron chi connectivity index (χ1n) is 8.74. The van der Waals surface area contributed by atoms with Gasteiger partial charge in [-0.2, -0.15) is 0 Å². The number of nitrogens with one attached hydrogen (secondary N) is 2. The molecule has 1 aliphatic heterocycles. The van der Waals surface area contributed by atoms with Gasteiger partial charge in [0.1, 0.15) is 23.7 Å². The Bertz CT molecular complexity index is 916. The molecule has 2 aromatic carbocycles. The van der Waals surface area contributed by atoms with E-state index in [1.165, 1.54) is 31.2 Å². The van der Waals surface area contributed by atoms with Crippen LogP contribution in [0.25, 0.3) is 0 Å². The van der Waals surface area contributed by atoms with Crippen LogP contribution in [0.1, 0.15) is 18.1 Å². The van der Waals surface area contributed by atoms with Crippen LogP contribution in [0.15, 0.2) is 48.5 Å². The van der Waals surface area contributed by atoms with Gasteiger partial charge in [-0.3, -0.25) is 14.5 Å². The first-order valence-corrected chi connectivity index (χ1v) is 8.74. The molecule has 0 aliphatic carbocycles. The third kappa shape index (κ3) is 3.95. The molecule has 0 saturated carbocycles. The minimum absolute atomic E-state index is 0.142. The molecular weight excluding hydrogens is 365 g/mol. The summed E-state index contributed by atoms with van der Waals surface area (Å²) in [4.78, 5) is 37.9. The summed E-state index contributed by atoms with van der Waals surface area (Å²) in [7, 11) is 0. The third-order valence-corrected chi connectivity index (χ3v) is 4.64. The Hall–Kier alpha value is -3.42. The van der Waals surface area contributed by atoms with E-state index in [9.17, 15) is 23.9 Å². The molecule has 0 aromatic heterocycles. The molecule has 1 heterocycles. The molecule has 1 atom stereocenters. The standard InChI is InChI=1S/C20H20FN3O4/c1-20(14-5-7-15(21)8-6-14)18(27)24(19(28)23-20)12-17(26)22-10-9-13-3-2-4-16(25)11-13/h2-8,11,25H,9-10,12H2,1H3,(H,22,26)(H,23,28). The van der Waals surface area contributed by atoms with Crippen LogP contribution in [-0.2, 0) is 21.5 Å². The monoisotopic (exact) mass is 385 g/mol. The molecule has 3 rings (SSSR count). The molecule has 1 saturated heterocycles. The Morgan fingerprint density at radius 3 is 2.61 bits per heavy atom. The van der Waals surface area contributed by atoms with Gasteiger partial charge in [0.05, 0.1) is 0 Å². The number of hydrogen-bond acceptors (Lipinski definition) is 4. The van der Waals surface area contributed by atoms with Gasteiger partial charge in [0, 0.05) is 6.54 Å². The number of phenolic OH excluding ortho intramolecular Hbond substituents is 1. The number of halogens is 1. The molecular formula is C20H20FN3O4. The maximum atomic E-state index is 13.1. The van der Waals surface area contributed by atoms with Gasteiger partial charge in [-0.25, -0.2) is 9.18 Å². The Morgan fingerprint density at radius 1 is 1.21 bits per heavy atom. The van der Waals surface area contributed by atoms with Crippen LogP contribution >= 0.6 is 0 Å². The summed E-state index contributed by atoms with van der Waals surface area (Å²) in [5.41, 5.74) is -0.0784. The minimum Gasteiger partial charge on any atom is -0.508 e. The number of nitrogens with zero attached hydrogens (tertiary/aromatic N) is 1. The molecule has 1 unspecified atom stereocenters. The molecule has 1 fully saturated rings. The van der Waals surface area contributed by atoms with E-state index in [2.05, 4.69) is 10.6 Å². The van der Waals surface area contributed by atoms with Crippen molar-refractivity contribution in [3.63, 3.8) is 0 Å². The zero-order chi connectivity index (χ0) is 20.3. The highest BCUT2D eigenvalue weighted by atomic mass is 19.1. The van der Waals surface area contributed by atoms with Crippen LogP contribution in [-0.4, -0.2) is 40.9 Å². The number of rotatable bonds is 6. The first kappa shape index (κ1) is 19.3. The van der Waals surface area contributed by atoms with E-state index < -0.39 is 35.7 Å². The Morgan fingerprint density at radius 2 is 1.93 bits per heavy atom. The Balaban J connectivity index is 1.59. The van der Waals surface area contributed by atoms with Gasteiger partial charge < -0.3 is 15.7 Å². The first-order chi connectivity index (χ1) is 13.3. The van der Waals surface area contributed by atoms with Gasteiger partial charge >= 0.3 is 6.03 Å². The van der Waals surface area contributed by atoms with Crippen molar-refractivity contribution in [2.24, 2.45) is 0 Å². The van der Waals surface area contributed by atoms with Gasteiger partial charge in [-0.15, -0.1) is 0 Å². The summed E-state index contributed by atoms with van der Waals surface area (Å²) in [5, 5.41) is 14.6. The van der Waals surface area contributed by atoms with Gasteiger partial charge in [0.15, 0.2) is 0 Å². The second-order valence-electron chi connectivity index (χ2n) is 6.72. The van der Waals surface area contributed by atoms with Crippen molar-refractivity contribution in [1.82, 2.24) is 15.5 Å². The molecule has 0 bridgehead atoms. The summed E-state index contributed by atoms with van der Waals surface area (Å²) in [6.45, 7) is 1.39. The van der Waals surface area contributed by atoms with Crippen LogP contribution in [0.2, 0.25) is 0 Å². The van der Waals surface area contributed by atoms with E-state index >= 15 is 0 Å². The fraction of sp³-hybridized carbons (Fsp3) is 0.250. The van der Waals surface area contributed by atoms with E-state index in [0.29, 0.717) is 18.5 Å². The number of urea groups is 1. The zero-order valence-corrected chi connectivity index (χ0v) is 15.2. The van der Waals surface area contributed by atoms with E-state index in [-0.39, 0.29) is 5.75 Å². The van der Waals surface area contributed by atoms with Gasteiger partial charge in [-0.05, 0) is 48.7 Å². The van der Waals surface area contributed by atoms with E-state index in [4.69, 9.17) is 0 Å². The number of benzene rings is 2. The molecule has 0 radical (unpaired) electrons. The number of carbonyl (C=O) groups excluding carboxylic acids is 3. The minimum atomic E-state index is -1.35. The smallest absolute Gasteiger partial charge is 0.325 e. The lowest BCUT2D eigenvalue weighted by molar-refractivity contribution is -0.134. The molecule has 1 aliphatic rings. The number of amides is 4. The van der Waals surface area contributed by atoms with Crippen LogP contribution in [0, 0.1) is 5.82 Å². The SMILES string of the molecule is CC1(c2ccc(F)cc2)NC(=O)N(CC(=O)NCCc2cccc(O)c2)C1=O. The predicted octanol–water partition coefficient (Wildman–Crippen LogP) is 1.66. The predicted molar refractivity (Wildman–Crippen MR) is 98.8 cm³/mol. The average molecular weight is 385 g/mol. The summed E-state index contributed by atoms with van der Waals surface area (Å²) in [6, 6.07) is 11.2. The van der Waals surface area contributed by atoms with E-state index in [1.54, 1.807) is 18.2 Å². The summed E-state index contributed by atoms with van der Waals surface area (Å²) in [5.74, 6) is -1.37. The normalized spacial score (nSPS) is 18.9. The lowest BCUT2D eigenvalue weighted by Crippen LogP contribution is -2.43. The van der Waals surface area contributed by atoms with Crippen molar-refractivity contribution in [1.29, 1.82) is 0 Å². The summed E-state index contributed by atoms with van der Waals surface area (Å²) >= 11 is 0. The molecule has 0 spiro atoms. The highest BCUT2D eigenvalue weighted by Crippen LogP contribution is 2.28. The fourth-order valence-electron chi connectivity index (χ4n) is 3.08. The van der Waals surface area contributed by atoms with Crippen molar-refractivity contribution in [2.45, 2.75) is 18.9 Å². The van der Waals surface area contributed by atoms with Crippen molar-refractivity contribution < 1.29 is 23.9 Å². The van der Waals surface area contributed by atoms with Crippen molar-refractivity contribution in [3.8, 4) is 5.75 Å². The Kier molecular flexibility index (Phi) is 5.30. The molecule has 4 amide bonds. The maximum absolute atomic E-state index is 13.1. The third-order valence-electron chi connectivity index (χ3n) is 4.64.